The van der Waals surface area contributed by atoms with Crippen molar-refractivity contribution < 1.29 is 0 Å². The number of thiocarbonyl (C=S) groups is 1. The number of halogens is 1. The van der Waals surface area contributed by atoms with Crippen LogP contribution in [0.1, 0.15) is 58.4 Å². The second-order valence-electron chi connectivity index (χ2n) is 7.45. The number of hydrogen-bond donors (Lipinski definition) is 2. The average Bonchev–Trinajstić information content (AvgIpc) is 2.51. The minimum atomic E-state index is 0.460. The first kappa shape index (κ1) is 18.5. The molecule has 0 saturated heterocycles. The molecule has 4 heteroatoms. The van der Waals surface area contributed by atoms with E-state index in [-0.39, 0.29) is 0 Å². The van der Waals surface area contributed by atoms with E-state index in [4.69, 9.17) is 23.8 Å². The summed E-state index contributed by atoms with van der Waals surface area (Å²) < 4.78 is 0. The fraction of sp³-hybridized carbons (Fsp3) is 0.632. The summed E-state index contributed by atoms with van der Waals surface area (Å²) in [5, 5.41) is 8.20. The Kier molecular flexibility index (Phi) is 6.33. The first-order chi connectivity index (χ1) is 10.8. The molecule has 0 heterocycles. The van der Waals surface area contributed by atoms with E-state index in [0.717, 1.165) is 22.2 Å². The third-order valence-electron chi connectivity index (χ3n) is 5.53. The van der Waals surface area contributed by atoms with Crippen LogP contribution in [0.5, 0.6) is 0 Å². The monoisotopic (exact) mass is 352 g/mol. The molecule has 2 N–H and O–H groups in total. The molecule has 0 unspecified atom stereocenters. The summed E-state index contributed by atoms with van der Waals surface area (Å²) in [6, 6.07) is 6.31. The summed E-state index contributed by atoms with van der Waals surface area (Å²) in [7, 11) is 0. The van der Waals surface area contributed by atoms with E-state index in [0.29, 0.717) is 16.6 Å². The highest BCUT2D eigenvalue weighted by molar-refractivity contribution is 7.80. The van der Waals surface area contributed by atoms with Crippen molar-refractivity contribution >= 4 is 34.6 Å². The van der Waals surface area contributed by atoms with Crippen molar-refractivity contribution in [2.45, 2.75) is 65.8 Å². The van der Waals surface area contributed by atoms with Gasteiger partial charge in [0.25, 0.3) is 0 Å². The number of aryl methyl sites for hydroxylation is 1. The zero-order chi connectivity index (χ0) is 17.0. The van der Waals surface area contributed by atoms with Crippen LogP contribution in [0.15, 0.2) is 18.2 Å². The van der Waals surface area contributed by atoms with E-state index < -0.39 is 0 Å². The van der Waals surface area contributed by atoms with Crippen LogP contribution >= 0.6 is 23.8 Å². The largest absolute Gasteiger partial charge is 0.360 e. The van der Waals surface area contributed by atoms with Crippen molar-refractivity contribution in [1.29, 1.82) is 0 Å². The second kappa shape index (κ2) is 7.85. The molecule has 1 aromatic rings. The number of rotatable bonds is 4. The fourth-order valence-electron chi connectivity index (χ4n) is 3.38. The Morgan fingerprint density at radius 1 is 1.26 bits per heavy atom. The lowest BCUT2D eigenvalue weighted by Crippen LogP contribution is -2.41. The third kappa shape index (κ3) is 5.09. The van der Waals surface area contributed by atoms with Crippen LogP contribution in [-0.4, -0.2) is 11.2 Å². The third-order valence-corrected chi connectivity index (χ3v) is 5.98. The summed E-state index contributed by atoms with van der Waals surface area (Å²) in [4.78, 5) is 0. The number of anilines is 1. The first-order valence-electron chi connectivity index (χ1n) is 8.65. The first-order valence-corrected chi connectivity index (χ1v) is 9.44. The molecule has 0 atom stereocenters. The molecule has 1 aromatic carbocycles. The van der Waals surface area contributed by atoms with Crippen molar-refractivity contribution in [3.63, 3.8) is 0 Å². The lowest BCUT2D eigenvalue weighted by Gasteiger charge is -2.39. The second-order valence-corrected chi connectivity index (χ2v) is 8.29. The Hall–Kier alpha value is -0.800. The standard InChI is InChI=1S/C19H29ClN2S/c1-5-19(3,4)14-7-10-16(11-8-14)21-18(23)22-17-12-15(20)9-6-13(17)2/h6,9,12,14,16H,5,7-8,10-11H2,1-4H3,(H2,21,22,23). The van der Waals surface area contributed by atoms with E-state index in [2.05, 4.69) is 38.3 Å². The summed E-state index contributed by atoms with van der Waals surface area (Å²) in [6.45, 7) is 9.16. The quantitative estimate of drug-likeness (QED) is 0.656. The maximum atomic E-state index is 6.06. The highest BCUT2D eigenvalue weighted by Gasteiger charge is 2.31. The SMILES string of the molecule is CCC(C)(C)C1CCC(NC(=S)Nc2cc(Cl)ccc2C)CC1. The van der Waals surface area contributed by atoms with Gasteiger partial charge in [-0.2, -0.15) is 0 Å². The number of nitrogens with one attached hydrogen (secondary N) is 2. The van der Waals surface area contributed by atoms with Gasteiger partial charge < -0.3 is 10.6 Å². The van der Waals surface area contributed by atoms with E-state index in [9.17, 15) is 0 Å². The molecule has 128 valence electrons. The van der Waals surface area contributed by atoms with Gasteiger partial charge in [-0.15, -0.1) is 0 Å². The van der Waals surface area contributed by atoms with Crippen LogP contribution in [0.4, 0.5) is 5.69 Å². The molecule has 1 aliphatic carbocycles. The van der Waals surface area contributed by atoms with Crippen molar-refractivity contribution in [2.75, 3.05) is 5.32 Å². The zero-order valence-corrected chi connectivity index (χ0v) is 16.3. The van der Waals surface area contributed by atoms with Crippen LogP contribution < -0.4 is 10.6 Å². The number of hydrogen-bond acceptors (Lipinski definition) is 1. The van der Waals surface area contributed by atoms with Gasteiger partial charge in [0, 0.05) is 16.8 Å². The Bertz CT molecular complexity index is 548. The molecule has 1 fully saturated rings. The van der Waals surface area contributed by atoms with Gasteiger partial charge in [0.05, 0.1) is 0 Å². The highest BCUT2D eigenvalue weighted by atomic mass is 35.5. The van der Waals surface area contributed by atoms with Crippen molar-refractivity contribution in [3.8, 4) is 0 Å². The van der Waals surface area contributed by atoms with Crippen LogP contribution in [0.3, 0.4) is 0 Å². The molecule has 23 heavy (non-hydrogen) atoms. The maximum Gasteiger partial charge on any atom is 0.171 e. The Morgan fingerprint density at radius 3 is 2.52 bits per heavy atom. The molecule has 1 saturated carbocycles. The van der Waals surface area contributed by atoms with Gasteiger partial charge in [-0.05, 0) is 73.9 Å². The maximum absolute atomic E-state index is 6.06. The molecular weight excluding hydrogens is 324 g/mol. The van der Waals surface area contributed by atoms with Crippen molar-refractivity contribution in [3.05, 3.63) is 28.8 Å². The molecule has 0 aromatic heterocycles. The van der Waals surface area contributed by atoms with Crippen LogP contribution in [-0.2, 0) is 0 Å². The molecule has 0 amide bonds. The minimum Gasteiger partial charge on any atom is -0.360 e. The van der Waals surface area contributed by atoms with Crippen molar-refractivity contribution in [2.24, 2.45) is 11.3 Å². The molecule has 0 radical (unpaired) electrons. The molecule has 0 aliphatic heterocycles. The molecule has 2 nitrogen and oxygen atoms in total. The lowest BCUT2D eigenvalue weighted by atomic mass is 9.69. The molecule has 2 rings (SSSR count). The predicted octanol–water partition coefficient (Wildman–Crippen LogP) is 5.93. The smallest absolute Gasteiger partial charge is 0.171 e. The topological polar surface area (TPSA) is 24.1 Å². The van der Waals surface area contributed by atoms with Gasteiger partial charge in [-0.25, -0.2) is 0 Å². The van der Waals surface area contributed by atoms with E-state index >= 15 is 0 Å². The molecule has 1 aliphatic rings. The minimum absolute atomic E-state index is 0.460. The summed E-state index contributed by atoms with van der Waals surface area (Å²) in [6.07, 6.45) is 6.23. The predicted molar refractivity (Wildman–Crippen MR) is 105 cm³/mol. The van der Waals surface area contributed by atoms with Crippen molar-refractivity contribution in [1.82, 2.24) is 5.32 Å². The van der Waals surface area contributed by atoms with Gasteiger partial charge >= 0.3 is 0 Å². The van der Waals surface area contributed by atoms with Gasteiger partial charge in [0.2, 0.25) is 0 Å². The summed E-state index contributed by atoms with van der Waals surface area (Å²) in [5.41, 5.74) is 2.59. The van der Waals surface area contributed by atoms with Gasteiger partial charge in [-0.3, -0.25) is 0 Å². The molecule has 0 bridgehead atoms. The molecule has 0 spiro atoms. The molecular formula is C19H29ClN2S. The Labute approximate surface area is 151 Å². The van der Waals surface area contributed by atoms with Gasteiger partial charge in [0.15, 0.2) is 5.11 Å². The Morgan fingerprint density at radius 2 is 1.91 bits per heavy atom. The normalized spacial score (nSPS) is 21.8. The number of benzene rings is 1. The van der Waals surface area contributed by atoms with Crippen LogP contribution in [0.25, 0.3) is 0 Å². The van der Waals surface area contributed by atoms with E-state index in [1.807, 2.05) is 18.2 Å². The zero-order valence-electron chi connectivity index (χ0n) is 14.7. The van der Waals surface area contributed by atoms with E-state index in [1.165, 1.54) is 32.1 Å². The average molecular weight is 353 g/mol. The lowest BCUT2D eigenvalue weighted by molar-refractivity contribution is 0.141. The summed E-state index contributed by atoms with van der Waals surface area (Å²) >= 11 is 11.5. The van der Waals surface area contributed by atoms with Crippen LogP contribution in [0, 0.1) is 18.3 Å². The summed E-state index contributed by atoms with van der Waals surface area (Å²) in [5.74, 6) is 0.835. The van der Waals surface area contributed by atoms with Crippen LogP contribution in [0.2, 0.25) is 5.02 Å². The van der Waals surface area contributed by atoms with Gasteiger partial charge in [0.1, 0.15) is 0 Å². The van der Waals surface area contributed by atoms with Gasteiger partial charge in [-0.1, -0.05) is 44.9 Å². The van der Waals surface area contributed by atoms with E-state index in [1.54, 1.807) is 0 Å². The fourth-order valence-corrected chi connectivity index (χ4v) is 3.83. The highest BCUT2D eigenvalue weighted by Crippen LogP contribution is 2.40. The Balaban J connectivity index is 1.84.